The summed E-state index contributed by atoms with van der Waals surface area (Å²) in [6.07, 6.45) is 1.62. The molecule has 7 nitrogen and oxygen atoms in total. The van der Waals surface area contributed by atoms with E-state index in [1.165, 1.54) is 4.68 Å². The molecule has 0 atom stereocenters. The molecule has 90 valence electrons. The molecule has 8 heteroatoms. The zero-order valence-electron chi connectivity index (χ0n) is 8.99. The number of nitrogens with zero attached hydrogens (tertiary/aromatic N) is 5. The van der Waals surface area contributed by atoms with Crippen LogP contribution in [0.2, 0.25) is 0 Å². The smallest absolute Gasteiger partial charge is 0.243 e. The first kappa shape index (κ1) is 10.9. The summed E-state index contributed by atoms with van der Waals surface area (Å²) in [5, 5.41) is 15.0. The van der Waals surface area contributed by atoms with Crippen LogP contribution in [0.25, 0.3) is 17.1 Å². The molecule has 0 aliphatic carbocycles. The third-order valence-corrected chi connectivity index (χ3v) is 2.91. The Balaban J connectivity index is 2.12. The fourth-order valence-corrected chi connectivity index (χ4v) is 1.81. The lowest BCUT2D eigenvalue weighted by atomic mass is 10.2. The molecule has 2 aromatic heterocycles. The minimum Gasteiger partial charge on any atom is -0.378 e. The molecule has 0 aliphatic rings. The van der Waals surface area contributed by atoms with Gasteiger partial charge in [0.1, 0.15) is 0 Å². The maximum Gasteiger partial charge on any atom is 0.243 e. The van der Waals surface area contributed by atoms with Crippen LogP contribution < -0.4 is 5.73 Å². The van der Waals surface area contributed by atoms with Gasteiger partial charge in [-0.05, 0) is 22.4 Å². The Hall–Kier alpha value is -2.22. The van der Waals surface area contributed by atoms with E-state index >= 15 is 0 Å². The molecular weight excluding hydrogens is 300 g/mol. The summed E-state index contributed by atoms with van der Waals surface area (Å²) in [6.45, 7) is 0. The Morgan fingerprint density at radius 3 is 2.61 bits per heavy atom. The lowest BCUT2D eigenvalue weighted by molar-refractivity contribution is 0.307. The van der Waals surface area contributed by atoms with Crippen LogP contribution in [-0.4, -0.2) is 25.3 Å². The molecule has 18 heavy (non-hydrogen) atoms. The topological polar surface area (TPSA) is 95.7 Å². The number of nitrogen functional groups attached to an aromatic ring is 1. The first-order valence-electron chi connectivity index (χ1n) is 5.01. The molecule has 0 unspecified atom stereocenters. The first-order valence-corrected chi connectivity index (χ1v) is 5.80. The third kappa shape index (κ3) is 1.76. The summed E-state index contributed by atoms with van der Waals surface area (Å²) in [4.78, 5) is 0. The van der Waals surface area contributed by atoms with Crippen molar-refractivity contribution in [2.24, 2.45) is 0 Å². The van der Waals surface area contributed by atoms with Gasteiger partial charge in [0, 0.05) is 10.0 Å². The van der Waals surface area contributed by atoms with Crippen LogP contribution in [0, 0.1) is 0 Å². The van der Waals surface area contributed by atoms with Crippen LogP contribution in [0.15, 0.2) is 39.6 Å². The van der Waals surface area contributed by atoms with E-state index in [4.69, 9.17) is 5.73 Å². The van der Waals surface area contributed by atoms with Gasteiger partial charge in [-0.3, -0.25) is 0 Å². The van der Waals surface area contributed by atoms with Crippen molar-refractivity contribution in [2.75, 3.05) is 5.73 Å². The van der Waals surface area contributed by atoms with E-state index in [0.29, 0.717) is 5.82 Å². The van der Waals surface area contributed by atoms with Crippen molar-refractivity contribution in [3.05, 3.63) is 34.9 Å². The van der Waals surface area contributed by atoms with E-state index in [1.807, 2.05) is 24.3 Å². The number of hydrogen-bond donors (Lipinski definition) is 1. The molecular formula is C10H7BrN6O. The third-order valence-electron chi connectivity index (χ3n) is 2.39. The van der Waals surface area contributed by atoms with E-state index in [1.54, 1.807) is 6.20 Å². The first-order chi connectivity index (χ1) is 8.75. The summed E-state index contributed by atoms with van der Waals surface area (Å²) >= 11 is 3.38. The second-order valence-electron chi connectivity index (χ2n) is 3.51. The van der Waals surface area contributed by atoms with Crippen molar-refractivity contribution in [3.63, 3.8) is 0 Å². The highest BCUT2D eigenvalue weighted by Crippen LogP contribution is 2.23. The van der Waals surface area contributed by atoms with Crippen LogP contribution in [-0.2, 0) is 0 Å². The maximum atomic E-state index is 5.64. The highest BCUT2D eigenvalue weighted by Gasteiger charge is 2.15. The van der Waals surface area contributed by atoms with Crippen molar-refractivity contribution in [2.45, 2.75) is 0 Å². The zero-order valence-corrected chi connectivity index (χ0v) is 10.6. The van der Waals surface area contributed by atoms with Crippen molar-refractivity contribution in [1.82, 2.24) is 25.3 Å². The van der Waals surface area contributed by atoms with E-state index in [2.05, 4.69) is 41.2 Å². The molecule has 0 amide bonds. The van der Waals surface area contributed by atoms with Gasteiger partial charge in [0.2, 0.25) is 11.6 Å². The van der Waals surface area contributed by atoms with Gasteiger partial charge in [0.05, 0.1) is 11.9 Å². The minimum atomic E-state index is 0.166. The summed E-state index contributed by atoms with van der Waals surface area (Å²) in [6, 6.07) is 7.72. The fourth-order valence-electron chi connectivity index (χ4n) is 1.55. The Kier molecular flexibility index (Phi) is 2.56. The Morgan fingerprint density at radius 1 is 1.17 bits per heavy atom. The monoisotopic (exact) mass is 306 g/mol. The van der Waals surface area contributed by atoms with Gasteiger partial charge < -0.3 is 5.73 Å². The van der Waals surface area contributed by atoms with Crippen LogP contribution in [0.1, 0.15) is 0 Å². The molecule has 3 rings (SSSR count). The molecule has 0 saturated carbocycles. The molecule has 1 aromatic carbocycles. The summed E-state index contributed by atoms with van der Waals surface area (Å²) in [5.41, 5.74) is 7.33. The van der Waals surface area contributed by atoms with Gasteiger partial charge in [-0.1, -0.05) is 33.3 Å². The normalized spacial score (nSPS) is 10.7. The second kappa shape index (κ2) is 4.22. The summed E-state index contributed by atoms with van der Waals surface area (Å²) in [7, 11) is 0. The number of benzene rings is 1. The number of nitrogens with two attached hydrogens (primary N) is 1. The molecule has 3 aromatic rings. The molecule has 2 N–H and O–H groups in total. The quantitative estimate of drug-likeness (QED) is 0.773. The van der Waals surface area contributed by atoms with E-state index in [0.717, 1.165) is 15.7 Å². The van der Waals surface area contributed by atoms with Crippen molar-refractivity contribution in [1.29, 1.82) is 0 Å². The van der Waals surface area contributed by atoms with Gasteiger partial charge in [0.15, 0.2) is 0 Å². The van der Waals surface area contributed by atoms with Gasteiger partial charge in [-0.2, -0.15) is 4.68 Å². The molecule has 2 heterocycles. The zero-order chi connectivity index (χ0) is 12.5. The van der Waals surface area contributed by atoms with Crippen molar-refractivity contribution >= 4 is 21.7 Å². The Morgan fingerprint density at radius 2 is 1.94 bits per heavy atom. The van der Waals surface area contributed by atoms with Crippen LogP contribution in [0.5, 0.6) is 0 Å². The fraction of sp³-hybridized carbons (Fsp3) is 0. The maximum absolute atomic E-state index is 5.64. The number of hydrogen-bond acceptors (Lipinski definition) is 6. The van der Waals surface area contributed by atoms with E-state index in [-0.39, 0.29) is 5.82 Å². The molecule has 0 radical (unpaired) electrons. The number of halogens is 1. The lowest BCUT2D eigenvalue weighted by Gasteiger charge is -2.02. The Bertz CT molecular complexity index is 674. The average molecular weight is 307 g/mol. The van der Waals surface area contributed by atoms with Gasteiger partial charge >= 0.3 is 0 Å². The van der Waals surface area contributed by atoms with E-state index in [9.17, 15) is 0 Å². The summed E-state index contributed by atoms with van der Waals surface area (Å²) in [5.74, 6) is 0.490. The lowest BCUT2D eigenvalue weighted by Crippen LogP contribution is -2.03. The van der Waals surface area contributed by atoms with Crippen LogP contribution in [0.4, 0.5) is 5.82 Å². The summed E-state index contributed by atoms with van der Waals surface area (Å²) < 4.78 is 7.03. The highest BCUT2D eigenvalue weighted by molar-refractivity contribution is 9.10. The predicted molar refractivity (Wildman–Crippen MR) is 66.8 cm³/mol. The molecule has 0 fully saturated rings. The number of anilines is 1. The Labute approximate surface area is 110 Å². The SMILES string of the molecule is Nc1nonc1-n1nncc1-c1ccc(Br)cc1. The standard InChI is InChI=1S/C10H7BrN6O/c11-7-3-1-6(2-4-7)8-5-13-16-17(8)10-9(12)14-18-15-10/h1-5H,(H2,12,14). The van der Waals surface area contributed by atoms with Crippen LogP contribution in [0.3, 0.4) is 0 Å². The highest BCUT2D eigenvalue weighted by atomic mass is 79.9. The molecule has 0 aliphatic heterocycles. The molecule has 0 spiro atoms. The second-order valence-corrected chi connectivity index (χ2v) is 4.43. The number of rotatable bonds is 2. The van der Waals surface area contributed by atoms with Gasteiger partial charge in [0.25, 0.3) is 0 Å². The largest absolute Gasteiger partial charge is 0.378 e. The van der Waals surface area contributed by atoms with E-state index < -0.39 is 0 Å². The van der Waals surface area contributed by atoms with Crippen molar-refractivity contribution < 1.29 is 4.63 Å². The minimum absolute atomic E-state index is 0.166. The molecule has 0 saturated heterocycles. The number of aromatic nitrogens is 5. The van der Waals surface area contributed by atoms with Gasteiger partial charge in [-0.25, -0.2) is 4.63 Å². The van der Waals surface area contributed by atoms with Crippen molar-refractivity contribution in [3.8, 4) is 17.1 Å². The molecule has 0 bridgehead atoms. The average Bonchev–Trinajstić information content (AvgIpc) is 2.98. The van der Waals surface area contributed by atoms with Gasteiger partial charge in [-0.15, -0.1) is 5.10 Å². The van der Waals surface area contributed by atoms with Crippen LogP contribution >= 0.6 is 15.9 Å². The predicted octanol–water partition coefficient (Wildman–Crippen LogP) is 1.66.